The molecule has 0 aliphatic heterocycles. The van der Waals surface area contributed by atoms with Crippen LogP contribution in [0.2, 0.25) is 0 Å². The maximum atomic E-state index is 5.85. The lowest BCUT2D eigenvalue weighted by molar-refractivity contribution is 0.605. The Bertz CT molecular complexity index is 3400. The second-order valence-electron chi connectivity index (χ2n) is 24.4. The zero-order chi connectivity index (χ0) is 56.9. The summed E-state index contributed by atoms with van der Waals surface area (Å²) in [7, 11) is 0. The Morgan fingerprint density at radius 2 is 0.610 bits per heavy atom. The highest BCUT2D eigenvalue weighted by Gasteiger charge is 2.21. The van der Waals surface area contributed by atoms with Gasteiger partial charge in [-0.15, -0.1) is 0 Å². The van der Waals surface area contributed by atoms with Crippen LogP contribution >= 0.6 is 0 Å². The summed E-state index contributed by atoms with van der Waals surface area (Å²) in [5.41, 5.74) is 19.5. The Labute approximate surface area is 496 Å². The topological polar surface area (TPSA) is 25.8 Å². The fraction of sp³-hybridized carbons (Fsp3) is 0.425. The largest absolute Gasteiger partial charge is 0.228 e. The lowest BCUT2D eigenvalue weighted by atomic mass is 9.87. The molecule has 1 heterocycles. The molecule has 9 aromatic rings. The van der Waals surface area contributed by atoms with E-state index in [2.05, 4.69) is 187 Å². The standard InChI is InChI=1S/C80H98N2/c1-7-11-15-19-23-27-35-64-54-75(65(53-60(64)6)36-28-24-20-16-12-8-2)78-58-79(82-80(81-78)68-51-52-73-71-41-32-31-39-69(71)70-40-33-34-42-72(70)77(73)57-68)76-56-66(37-29-25-21-17-13-9-3)74(55-67(76)38-30-26-22-18-14-10-4)63-49-47-62(48-50-63)61-45-43-59(5)44-46-61/h31-34,39-58H,7-30,35-38H2,1-6H3. The minimum atomic E-state index is 0.814. The van der Waals surface area contributed by atoms with Gasteiger partial charge in [-0.1, -0.05) is 283 Å². The minimum absolute atomic E-state index is 0.814. The van der Waals surface area contributed by atoms with Gasteiger partial charge in [0, 0.05) is 16.7 Å². The Balaban J connectivity index is 1.24. The van der Waals surface area contributed by atoms with E-state index in [1.165, 1.54) is 247 Å². The molecule has 0 radical (unpaired) electrons. The molecule has 428 valence electrons. The lowest BCUT2D eigenvalue weighted by Gasteiger charge is -2.20. The van der Waals surface area contributed by atoms with Crippen molar-refractivity contribution in [1.82, 2.24) is 9.97 Å². The summed E-state index contributed by atoms with van der Waals surface area (Å²) in [5.74, 6) is 0.814. The van der Waals surface area contributed by atoms with Gasteiger partial charge < -0.3 is 0 Å². The molecule has 2 heteroatoms. The number of aromatic nitrogens is 2. The van der Waals surface area contributed by atoms with Crippen molar-refractivity contribution < 1.29 is 0 Å². The molecular formula is C80H98N2. The van der Waals surface area contributed by atoms with Crippen molar-refractivity contribution in [2.45, 2.75) is 221 Å². The van der Waals surface area contributed by atoms with E-state index in [0.717, 1.165) is 54.9 Å². The molecule has 0 amide bonds. The van der Waals surface area contributed by atoms with Gasteiger partial charge in [-0.05, 0) is 172 Å². The van der Waals surface area contributed by atoms with Crippen molar-refractivity contribution in [3.8, 4) is 56.2 Å². The first-order valence-corrected chi connectivity index (χ1v) is 33.1. The lowest BCUT2D eigenvalue weighted by Crippen LogP contribution is -2.04. The summed E-state index contributed by atoms with van der Waals surface area (Å²) < 4.78 is 0. The average molecular weight is 1090 g/mol. The highest BCUT2D eigenvalue weighted by Crippen LogP contribution is 2.41. The minimum Gasteiger partial charge on any atom is -0.228 e. The van der Waals surface area contributed by atoms with E-state index in [-0.39, 0.29) is 0 Å². The van der Waals surface area contributed by atoms with Gasteiger partial charge >= 0.3 is 0 Å². The molecule has 0 atom stereocenters. The number of nitrogens with zero attached hydrogens (tertiary/aromatic N) is 2. The van der Waals surface area contributed by atoms with Crippen molar-refractivity contribution in [1.29, 1.82) is 0 Å². The van der Waals surface area contributed by atoms with Crippen molar-refractivity contribution in [2.75, 3.05) is 0 Å². The van der Waals surface area contributed by atoms with Gasteiger partial charge in [-0.2, -0.15) is 0 Å². The summed E-state index contributed by atoms with van der Waals surface area (Å²) in [6.07, 6.45) is 35.0. The number of aryl methyl sites for hydroxylation is 6. The van der Waals surface area contributed by atoms with Crippen molar-refractivity contribution >= 4 is 32.3 Å². The number of hydrogen-bond acceptors (Lipinski definition) is 2. The van der Waals surface area contributed by atoms with E-state index in [9.17, 15) is 0 Å². The number of fused-ring (bicyclic) bond motifs is 6. The number of hydrogen-bond donors (Lipinski definition) is 0. The van der Waals surface area contributed by atoms with Crippen molar-refractivity contribution in [3.05, 3.63) is 179 Å². The third kappa shape index (κ3) is 15.8. The molecule has 9 rings (SSSR count). The first-order chi connectivity index (χ1) is 40.4. The van der Waals surface area contributed by atoms with Gasteiger partial charge in [0.1, 0.15) is 0 Å². The summed E-state index contributed by atoms with van der Waals surface area (Å²) in [6, 6.07) is 56.2. The molecule has 1 aromatic heterocycles. The second-order valence-corrected chi connectivity index (χ2v) is 24.4. The van der Waals surface area contributed by atoms with E-state index in [0.29, 0.717) is 0 Å². The average Bonchev–Trinajstić information content (AvgIpc) is 3.53. The fourth-order valence-electron chi connectivity index (χ4n) is 13.0. The van der Waals surface area contributed by atoms with Gasteiger partial charge in [-0.25, -0.2) is 9.97 Å². The highest BCUT2D eigenvalue weighted by molar-refractivity contribution is 6.25. The summed E-state index contributed by atoms with van der Waals surface area (Å²) in [4.78, 5) is 11.7. The molecule has 0 N–H and O–H groups in total. The van der Waals surface area contributed by atoms with Crippen LogP contribution in [0, 0.1) is 13.8 Å². The molecule has 0 spiro atoms. The summed E-state index contributed by atoms with van der Waals surface area (Å²) in [5, 5.41) is 7.68. The van der Waals surface area contributed by atoms with Crippen LogP contribution in [0.25, 0.3) is 88.5 Å². The van der Waals surface area contributed by atoms with Gasteiger partial charge in [0.2, 0.25) is 0 Å². The van der Waals surface area contributed by atoms with E-state index >= 15 is 0 Å². The molecule has 0 saturated carbocycles. The van der Waals surface area contributed by atoms with Gasteiger partial charge in [0.15, 0.2) is 5.82 Å². The second kappa shape index (κ2) is 31.3. The summed E-state index contributed by atoms with van der Waals surface area (Å²) in [6.45, 7) is 13.8. The van der Waals surface area contributed by atoms with Crippen LogP contribution in [0.4, 0.5) is 0 Å². The molecule has 82 heavy (non-hydrogen) atoms. The van der Waals surface area contributed by atoms with E-state index < -0.39 is 0 Å². The molecule has 8 aromatic carbocycles. The van der Waals surface area contributed by atoms with Crippen molar-refractivity contribution in [3.63, 3.8) is 0 Å². The molecule has 0 unspecified atom stereocenters. The van der Waals surface area contributed by atoms with Crippen LogP contribution in [-0.4, -0.2) is 9.97 Å². The highest BCUT2D eigenvalue weighted by atomic mass is 14.9. The van der Waals surface area contributed by atoms with Crippen LogP contribution in [0.1, 0.15) is 215 Å². The van der Waals surface area contributed by atoms with E-state index in [4.69, 9.17) is 9.97 Å². The van der Waals surface area contributed by atoms with Crippen molar-refractivity contribution in [2.24, 2.45) is 0 Å². The maximum absolute atomic E-state index is 5.85. The molecule has 0 bridgehead atoms. The van der Waals surface area contributed by atoms with Gasteiger partial charge in [0.05, 0.1) is 11.4 Å². The predicted octanol–water partition coefficient (Wildman–Crippen LogP) is 24.5. The molecule has 0 fully saturated rings. The zero-order valence-electron chi connectivity index (χ0n) is 51.5. The number of unbranched alkanes of at least 4 members (excludes halogenated alkanes) is 20. The maximum Gasteiger partial charge on any atom is 0.160 e. The van der Waals surface area contributed by atoms with Crippen LogP contribution in [0.5, 0.6) is 0 Å². The first kappa shape index (κ1) is 60.2. The van der Waals surface area contributed by atoms with E-state index in [1.807, 2.05) is 0 Å². The molecule has 2 nitrogen and oxygen atoms in total. The molecule has 0 aliphatic rings. The van der Waals surface area contributed by atoms with Crippen LogP contribution in [-0.2, 0) is 25.7 Å². The third-order valence-corrected chi connectivity index (χ3v) is 18.0. The van der Waals surface area contributed by atoms with Crippen LogP contribution in [0.15, 0.2) is 146 Å². The Hall–Kier alpha value is -6.38. The predicted molar refractivity (Wildman–Crippen MR) is 360 cm³/mol. The molecular weight excluding hydrogens is 989 g/mol. The van der Waals surface area contributed by atoms with Crippen LogP contribution in [0.3, 0.4) is 0 Å². The first-order valence-electron chi connectivity index (χ1n) is 33.1. The SMILES string of the molecule is CCCCCCCCc1cc(-c2cc(-c3cc(CCCCCCCC)c(-c4ccc(-c5ccc(C)cc5)cc4)cc3CCCCCCCC)nc(-c3ccc4c5ccccc5c5ccccc5c4c3)n2)c(CCCCCCCC)cc1C. The number of benzene rings is 8. The van der Waals surface area contributed by atoms with E-state index in [1.54, 1.807) is 0 Å². The third-order valence-electron chi connectivity index (χ3n) is 18.0. The fourth-order valence-corrected chi connectivity index (χ4v) is 13.0. The Morgan fingerprint density at radius 1 is 0.268 bits per heavy atom. The Kier molecular flexibility index (Phi) is 23.0. The number of rotatable bonds is 33. The van der Waals surface area contributed by atoms with Gasteiger partial charge in [-0.3, -0.25) is 0 Å². The normalized spacial score (nSPS) is 11.7. The quantitative estimate of drug-likeness (QED) is 0.0303. The summed E-state index contributed by atoms with van der Waals surface area (Å²) >= 11 is 0. The monoisotopic (exact) mass is 1090 g/mol. The van der Waals surface area contributed by atoms with Crippen LogP contribution < -0.4 is 0 Å². The van der Waals surface area contributed by atoms with Gasteiger partial charge in [0.25, 0.3) is 0 Å². The smallest absolute Gasteiger partial charge is 0.160 e. The zero-order valence-corrected chi connectivity index (χ0v) is 51.5. The Morgan fingerprint density at radius 3 is 1.09 bits per heavy atom. The molecule has 0 saturated heterocycles. The molecule has 0 aliphatic carbocycles.